The van der Waals surface area contributed by atoms with Gasteiger partial charge in [-0.3, -0.25) is 18.3 Å². The Kier molecular flexibility index (Phi) is 7.39. The summed E-state index contributed by atoms with van der Waals surface area (Å²) in [5.41, 5.74) is 0.495. The molecule has 10 N–H and O–H groups in total. The first-order valence-corrected chi connectivity index (χ1v) is 12.3. The highest BCUT2D eigenvalue weighted by Gasteiger charge is 2.49. The van der Waals surface area contributed by atoms with E-state index in [0.29, 0.717) is 0 Å². The van der Waals surface area contributed by atoms with Gasteiger partial charge in [-0.1, -0.05) is 0 Å². The van der Waals surface area contributed by atoms with Crippen LogP contribution in [0.1, 0.15) is 0 Å². The summed E-state index contributed by atoms with van der Waals surface area (Å²) in [6.07, 6.45) is -3.01. The van der Waals surface area contributed by atoms with Crippen molar-refractivity contribution < 1.29 is 57.4 Å². The summed E-state index contributed by atoms with van der Waals surface area (Å²) in [5, 5.41) is 0. The molecular weight excluding hydrogens is 390 g/mol. The van der Waals surface area contributed by atoms with Crippen molar-refractivity contribution in [3.05, 3.63) is 0 Å². The maximum absolute atomic E-state index is 11.3. The Labute approximate surface area is 124 Å². The van der Waals surface area contributed by atoms with Gasteiger partial charge < -0.3 is 44.9 Å². The summed E-state index contributed by atoms with van der Waals surface area (Å²) in [4.78, 5) is 71.4. The molecule has 0 radical (unpaired) electrons. The lowest BCUT2D eigenvalue weighted by molar-refractivity contribution is 0.317. The van der Waals surface area contributed by atoms with Crippen LogP contribution in [0.25, 0.3) is 0 Å². The minimum absolute atomic E-state index is 1.50. The van der Waals surface area contributed by atoms with Crippen molar-refractivity contribution in [3.63, 3.8) is 0 Å². The third-order valence-corrected chi connectivity index (χ3v) is 7.70. The van der Waals surface area contributed by atoms with Gasteiger partial charge in [-0.15, -0.1) is 0 Å². The van der Waals surface area contributed by atoms with Gasteiger partial charge >= 0.3 is 30.4 Å². The van der Waals surface area contributed by atoms with E-state index in [4.69, 9.17) is 44.9 Å². The summed E-state index contributed by atoms with van der Waals surface area (Å²) < 4.78 is 44.3. The van der Waals surface area contributed by atoms with Gasteiger partial charge in [-0.2, -0.15) is 0 Å². The number of nitrogens with two attached hydrogens (primary N) is 1. The SMILES string of the molecule is NC(C(CP(=O)(O)O)P(=O)(O)O)C(CP(=O)(O)O)P(=O)(O)O. The molecule has 0 aliphatic carbocycles. The molecule has 2 unspecified atom stereocenters. The van der Waals surface area contributed by atoms with Crippen LogP contribution in [-0.2, 0) is 18.3 Å². The highest BCUT2D eigenvalue weighted by atomic mass is 31.2. The molecular formula is C5H17NO12P4. The molecule has 0 aromatic heterocycles. The van der Waals surface area contributed by atoms with E-state index >= 15 is 0 Å². The van der Waals surface area contributed by atoms with E-state index < -0.39 is 60.1 Å². The van der Waals surface area contributed by atoms with Crippen molar-refractivity contribution in [1.29, 1.82) is 0 Å². The first-order chi connectivity index (χ1) is 9.34. The molecule has 17 heteroatoms. The first kappa shape index (κ1) is 22.6. The van der Waals surface area contributed by atoms with Crippen molar-refractivity contribution >= 4 is 30.4 Å². The molecule has 2 atom stereocenters. The Balaban J connectivity index is 5.79. The molecule has 0 heterocycles. The van der Waals surface area contributed by atoms with Crippen LogP contribution in [0.3, 0.4) is 0 Å². The number of hydrogen-bond donors (Lipinski definition) is 9. The fourth-order valence-corrected chi connectivity index (χ4v) is 7.54. The van der Waals surface area contributed by atoms with E-state index in [2.05, 4.69) is 0 Å². The Bertz CT molecular complexity index is 516. The molecule has 13 nitrogen and oxygen atoms in total. The zero-order valence-corrected chi connectivity index (χ0v) is 14.3. The van der Waals surface area contributed by atoms with Crippen LogP contribution >= 0.6 is 30.4 Å². The van der Waals surface area contributed by atoms with Crippen LogP contribution in [0.5, 0.6) is 0 Å². The van der Waals surface area contributed by atoms with Gasteiger partial charge in [-0.25, -0.2) is 0 Å². The average Bonchev–Trinajstić information content (AvgIpc) is 2.16. The smallest absolute Gasteiger partial charge is 0.326 e. The highest BCUT2D eigenvalue weighted by molar-refractivity contribution is 7.58. The highest BCUT2D eigenvalue weighted by Crippen LogP contribution is 2.56. The van der Waals surface area contributed by atoms with Gasteiger partial charge in [0.1, 0.15) is 0 Å². The largest absolute Gasteiger partial charge is 0.330 e. The minimum atomic E-state index is -5.33. The Morgan fingerprint density at radius 3 is 1.00 bits per heavy atom. The molecule has 0 aromatic rings. The van der Waals surface area contributed by atoms with Crippen molar-refractivity contribution in [1.82, 2.24) is 0 Å². The molecule has 0 aliphatic heterocycles. The third-order valence-electron chi connectivity index (χ3n) is 2.60. The fourth-order valence-electron chi connectivity index (χ4n) is 1.65. The predicted octanol–water partition coefficient (Wildman–Crippen LogP) is -2.24. The molecule has 0 bridgehead atoms. The second kappa shape index (κ2) is 7.21. The molecule has 0 aliphatic rings. The van der Waals surface area contributed by atoms with Gasteiger partial charge in [0.25, 0.3) is 0 Å². The zero-order valence-electron chi connectivity index (χ0n) is 10.7. The van der Waals surface area contributed by atoms with Crippen LogP contribution in [0.4, 0.5) is 0 Å². The third kappa shape index (κ3) is 8.42. The van der Waals surface area contributed by atoms with Crippen LogP contribution in [-0.4, -0.2) is 68.8 Å². The topological polar surface area (TPSA) is 256 Å². The Morgan fingerprint density at radius 2 is 0.864 bits per heavy atom. The fraction of sp³-hybridized carbons (Fsp3) is 1.00. The second-order valence-corrected chi connectivity index (χ2v) is 11.7. The molecule has 22 heavy (non-hydrogen) atoms. The molecule has 0 fully saturated rings. The van der Waals surface area contributed by atoms with E-state index in [1.165, 1.54) is 0 Å². The van der Waals surface area contributed by atoms with E-state index in [9.17, 15) is 18.3 Å². The lowest BCUT2D eigenvalue weighted by atomic mass is 10.2. The van der Waals surface area contributed by atoms with Gasteiger partial charge in [0.2, 0.25) is 0 Å². The van der Waals surface area contributed by atoms with Crippen molar-refractivity contribution in [2.24, 2.45) is 5.73 Å². The molecule has 134 valence electrons. The van der Waals surface area contributed by atoms with Gasteiger partial charge in [0.15, 0.2) is 0 Å². The summed E-state index contributed by atoms with van der Waals surface area (Å²) >= 11 is 0. The lowest BCUT2D eigenvalue weighted by Gasteiger charge is -2.31. The molecule has 0 rings (SSSR count). The van der Waals surface area contributed by atoms with E-state index in [1.54, 1.807) is 0 Å². The van der Waals surface area contributed by atoms with Gasteiger partial charge in [0.05, 0.1) is 23.6 Å². The van der Waals surface area contributed by atoms with Crippen molar-refractivity contribution in [2.45, 2.75) is 17.4 Å². The first-order valence-electron chi connectivity index (χ1n) is 5.30. The van der Waals surface area contributed by atoms with Crippen LogP contribution in [0, 0.1) is 0 Å². The van der Waals surface area contributed by atoms with E-state index in [0.717, 1.165) is 0 Å². The van der Waals surface area contributed by atoms with Gasteiger partial charge in [0, 0.05) is 6.04 Å². The van der Waals surface area contributed by atoms with E-state index in [1.807, 2.05) is 0 Å². The molecule has 0 saturated carbocycles. The minimum Gasteiger partial charge on any atom is -0.326 e. The Morgan fingerprint density at radius 1 is 0.636 bits per heavy atom. The van der Waals surface area contributed by atoms with Crippen LogP contribution in [0.2, 0.25) is 0 Å². The lowest BCUT2D eigenvalue weighted by Crippen LogP contribution is -2.47. The second-order valence-electron chi connectivity index (χ2n) is 4.58. The normalized spacial score (nSPS) is 18.8. The maximum atomic E-state index is 11.3. The summed E-state index contributed by atoms with van der Waals surface area (Å²) in [6.45, 7) is 0. The summed E-state index contributed by atoms with van der Waals surface area (Å²) in [5.74, 6) is 0. The van der Waals surface area contributed by atoms with Gasteiger partial charge in [-0.05, 0) is 0 Å². The number of rotatable bonds is 8. The number of hydrogen-bond acceptors (Lipinski definition) is 5. The van der Waals surface area contributed by atoms with E-state index in [-0.39, 0.29) is 0 Å². The predicted molar refractivity (Wildman–Crippen MR) is 73.5 cm³/mol. The molecule has 0 aromatic carbocycles. The quantitative estimate of drug-likeness (QED) is 0.193. The van der Waals surface area contributed by atoms with Crippen molar-refractivity contribution in [3.8, 4) is 0 Å². The molecule has 0 amide bonds. The van der Waals surface area contributed by atoms with Crippen LogP contribution < -0.4 is 5.73 Å². The monoisotopic (exact) mass is 407 g/mol. The summed E-state index contributed by atoms with van der Waals surface area (Å²) in [6, 6.07) is -2.26. The van der Waals surface area contributed by atoms with Crippen molar-refractivity contribution in [2.75, 3.05) is 12.3 Å². The molecule has 0 spiro atoms. The Hall–Kier alpha value is 0.560. The average molecular weight is 407 g/mol. The summed E-state index contributed by atoms with van der Waals surface area (Å²) in [7, 11) is -20.7. The standard InChI is InChI=1S/C5H17NO12P4/c6-5(3(21(13,14)15)1-19(7,8)9)4(22(16,17)18)2-20(10,11)12/h3-5H,1-2,6H2,(H2,7,8,9)(H2,10,11,12)(H2,13,14,15)(H2,16,17,18). The maximum Gasteiger partial charge on any atom is 0.330 e. The molecule has 0 saturated heterocycles. The zero-order chi connectivity index (χ0) is 18.1. The van der Waals surface area contributed by atoms with Crippen LogP contribution in [0.15, 0.2) is 0 Å².